The smallest absolute Gasteiger partial charge is 0.167 e. The van der Waals surface area contributed by atoms with E-state index in [1.54, 1.807) is 37.3 Å². The predicted molar refractivity (Wildman–Crippen MR) is 67.3 cm³/mol. The fourth-order valence-electron chi connectivity index (χ4n) is 1.77. The number of carbonyl (C=O) groups excluding carboxylic acids is 1. The van der Waals surface area contributed by atoms with Crippen molar-refractivity contribution < 1.29 is 14.3 Å². The Morgan fingerprint density at radius 3 is 2.67 bits per heavy atom. The highest BCUT2D eigenvalue weighted by Gasteiger charge is 2.09. The highest BCUT2D eigenvalue weighted by atomic mass is 19.1. The monoisotopic (exact) mass is 244 g/mol. The standard InChI is InChI=1S/C15H13FO2/c1-10-7-12(5-6-14(10)16)15(18)9-11-3-2-4-13(17)8-11/h2-8,17H,9H2,1H3. The van der Waals surface area contributed by atoms with Gasteiger partial charge in [-0.15, -0.1) is 0 Å². The van der Waals surface area contributed by atoms with Gasteiger partial charge in [-0.25, -0.2) is 4.39 Å². The zero-order chi connectivity index (χ0) is 13.1. The number of aromatic hydroxyl groups is 1. The molecule has 0 spiro atoms. The fraction of sp³-hybridized carbons (Fsp3) is 0.133. The second-order valence-electron chi connectivity index (χ2n) is 4.23. The highest BCUT2D eigenvalue weighted by Crippen LogP contribution is 2.15. The summed E-state index contributed by atoms with van der Waals surface area (Å²) in [5, 5.41) is 9.32. The molecule has 0 aromatic heterocycles. The van der Waals surface area contributed by atoms with E-state index in [0.29, 0.717) is 11.1 Å². The van der Waals surface area contributed by atoms with E-state index in [0.717, 1.165) is 5.56 Å². The molecule has 18 heavy (non-hydrogen) atoms. The first-order chi connectivity index (χ1) is 8.56. The SMILES string of the molecule is Cc1cc(C(=O)Cc2cccc(O)c2)ccc1F. The largest absolute Gasteiger partial charge is 0.508 e. The van der Waals surface area contributed by atoms with Crippen LogP contribution in [0.3, 0.4) is 0 Å². The third-order valence-electron chi connectivity index (χ3n) is 2.76. The van der Waals surface area contributed by atoms with Crippen molar-refractivity contribution in [3.63, 3.8) is 0 Å². The minimum atomic E-state index is -0.316. The van der Waals surface area contributed by atoms with Crippen LogP contribution in [0, 0.1) is 12.7 Å². The van der Waals surface area contributed by atoms with Crippen LogP contribution in [-0.2, 0) is 6.42 Å². The van der Waals surface area contributed by atoms with Crippen molar-refractivity contribution in [2.75, 3.05) is 0 Å². The number of phenolic OH excluding ortho intramolecular Hbond substituents is 1. The number of hydrogen-bond acceptors (Lipinski definition) is 2. The van der Waals surface area contributed by atoms with Crippen molar-refractivity contribution in [3.8, 4) is 5.75 Å². The summed E-state index contributed by atoms with van der Waals surface area (Å²) in [7, 11) is 0. The fourth-order valence-corrected chi connectivity index (χ4v) is 1.77. The second-order valence-corrected chi connectivity index (χ2v) is 4.23. The average molecular weight is 244 g/mol. The Hall–Kier alpha value is -2.16. The quantitative estimate of drug-likeness (QED) is 0.841. The summed E-state index contributed by atoms with van der Waals surface area (Å²) >= 11 is 0. The molecule has 0 aliphatic rings. The summed E-state index contributed by atoms with van der Waals surface area (Å²) in [5.41, 5.74) is 1.68. The molecule has 3 heteroatoms. The Balaban J connectivity index is 2.19. The van der Waals surface area contributed by atoms with Gasteiger partial charge in [-0.05, 0) is 48.4 Å². The number of carbonyl (C=O) groups is 1. The van der Waals surface area contributed by atoms with Gasteiger partial charge in [-0.2, -0.15) is 0 Å². The molecule has 92 valence electrons. The lowest BCUT2D eigenvalue weighted by molar-refractivity contribution is 0.0993. The molecule has 0 aliphatic heterocycles. The summed E-state index contributed by atoms with van der Waals surface area (Å²) in [6, 6.07) is 10.9. The normalized spacial score (nSPS) is 10.3. The van der Waals surface area contributed by atoms with Gasteiger partial charge in [0.05, 0.1) is 0 Å². The maximum atomic E-state index is 13.1. The number of benzene rings is 2. The molecule has 2 rings (SSSR count). The van der Waals surface area contributed by atoms with Crippen LogP contribution in [0.25, 0.3) is 0 Å². The second kappa shape index (κ2) is 5.00. The van der Waals surface area contributed by atoms with Crippen molar-refractivity contribution in [3.05, 3.63) is 65.0 Å². The Kier molecular flexibility index (Phi) is 3.42. The summed E-state index contributed by atoms with van der Waals surface area (Å²) < 4.78 is 13.1. The highest BCUT2D eigenvalue weighted by molar-refractivity contribution is 5.97. The van der Waals surface area contributed by atoms with Gasteiger partial charge in [0.2, 0.25) is 0 Å². The van der Waals surface area contributed by atoms with Crippen molar-refractivity contribution in [2.45, 2.75) is 13.3 Å². The van der Waals surface area contributed by atoms with Crippen LogP contribution >= 0.6 is 0 Å². The molecule has 0 unspecified atom stereocenters. The zero-order valence-electron chi connectivity index (χ0n) is 9.98. The number of phenols is 1. The molecule has 1 N–H and O–H groups in total. The Labute approximate surface area is 105 Å². The van der Waals surface area contributed by atoms with E-state index in [2.05, 4.69) is 0 Å². The lowest BCUT2D eigenvalue weighted by Gasteiger charge is -2.04. The molecule has 2 aromatic rings. The topological polar surface area (TPSA) is 37.3 Å². The Bertz CT molecular complexity index is 591. The third kappa shape index (κ3) is 2.74. The van der Waals surface area contributed by atoms with Crippen molar-refractivity contribution in [1.82, 2.24) is 0 Å². The van der Waals surface area contributed by atoms with Gasteiger partial charge < -0.3 is 5.11 Å². The number of rotatable bonds is 3. The van der Waals surface area contributed by atoms with Crippen LogP contribution in [-0.4, -0.2) is 10.9 Å². The predicted octanol–water partition coefficient (Wildman–Crippen LogP) is 3.27. The van der Waals surface area contributed by atoms with Crippen LogP contribution in [0.4, 0.5) is 4.39 Å². The minimum Gasteiger partial charge on any atom is -0.508 e. The first-order valence-electron chi connectivity index (χ1n) is 5.63. The first-order valence-corrected chi connectivity index (χ1v) is 5.63. The van der Waals surface area contributed by atoms with E-state index in [4.69, 9.17) is 0 Å². The van der Waals surface area contributed by atoms with E-state index in [9.17, 15) is 14.3 Å². The lowest BCUT2D eigenvalue weighted by atomic mass is 10.0. The number of halogens is 1. The van der Waals surface area contributed by atoms with Crippen LogP contribution in [0.2, 0.25) is 0 Å². The molecule has 0 saturated heterocycles. The van der Waals surface area contributed by atoms with Gasteiger partial charge in [-0.3, -0.25) is 4.79 Å². The van der Waals surface area contributed by atoms with Crippen LogP contribution in [0.1, 0.15) is 21.5 Å². The molecule has 0 fully saturated rings. The van der Waals surface area contributed by atoms with Gasteiger partial charge in [0, 0.05) is 12.0 Å². The Morgan fingerprint density at radius 2 is 2.00 bits per heavy atom. The molecule has 0 aliphatic carbocycles. The molecule has 0 saturated carbocycles. The van der Waals surface area contributed by atoms with E-state index in [-0.39, 0.29) is 23.8 Å². The summed E-state index contributed by atoms with van der Waals surface area (Å²) in [6.07, 6.45) is 0.194. The van der Waals surface area contributed by atoms with Gasteiger partial charge in [0.25, 0.3) is 0 Å². The molecule has 0 amide bonds. The van der Waals surface area contributed by atoms with Crippen molar-refractivity contribution in [2.24, 2.45) is 0 Å². The molecular weight excluding hydrogens is 231 g/mol. The van der Waals surface area contributed by atoms with Crippen LogP contribution in [0.15, 0.2) is 42.5 Å². The van der Waals surface area contributed by atoms with Crippen LogP contribution < -0.4 is 0 Å². The number of ketones is 1. The first kappa shape index (κ1) is 12.3. The molecule has 0 atom stereocenters. The van der Waals surface area contributed by atoms with Gasteiger partial charge in [-0.1, -0.05) is 12.1 Å². The minimum absolute atomic E-state index is 0.0938. The number of hydrogen-bond donors (Lipinski definition) is 1. The van der Waals surface area contributed by atoms with E-state index in [1.165, 1.54) is 12.1 Å². The average Bonchev–Trinajstić information content (AvgIpc) is 2.32. The van der Waals surface area contributed by atoms with Gasteiger partial charge >= 0.3 is 0 Å². The lowest BCUT2D eigenvalue weighted by Crippen LogP contribution is -2.04. The number of aryl methyl sites for hydroxylation is 1. The van der Waals surface area contributed by atoms with E-state index in [1.807, 2.05) is 0 Å². The molecule has 0 radical (unpaired) electrons. The molecule has 2 aromatic carbocycles. The maximum Gasteiger partial charge on any atom is 0.167 e. The van der Waals surface area contributed by atoms with Crippen molar-refractivity contribution >= 4 is 5.78 Å². The van der Waals surface area contributed by atoms with Crippen molar-refractivity contribution in [1.29, 1.82) is 0 Å². The maximum absolute atomic E-state index is 13.1. The van der Waals surface area contributed by atoms with Gasteiger partial charge in [0.15, 0.2) is 5.78 Å². The van der Waals surface area contributed by atoms with Gasteiger partial charge in [0.1, 0.15) is 11.6 Å². The summed E-state index contributed by atoms with van der Waals surface area (Å²) in [4.78, 5) is 12.0. The molecule has 0 heterocycles. The Morgan fingerprint density at radius 1 is 1.22 bits per heavy atom. The van der Waals surface area contributed by atoms with E-state index >= 15 is 0 Å². The summed E-state index contributed by atoms with van der Waals surface area (Å²) in [6.45, 7) is 1.63. The molecule has 2 nitrogen and oxygen atoms in total. The van der Waals surface area contributed by atoms with Crippen LogP contribution in [0.5, 0.6) is 5.75 Å². The molecule has 0 bridgehead atoms. The number of Topliss-reactive ketones (excluding diaryl/α,β-unsaturated/α-hetero) is 1. The third-order valence-corrected chi connectivity index (χ3v) is 2.76. The molecular formula is C15H13FO2. The van der Waals surface area contributed by atoms with E-state index < -0.39 is 0 Å². The zero-order valence-corrected chi connectivity index (χ0v) is 9.98. The summed E-state index contributed by atoms with van der Waals surface area (Å²) in [5.74, 6) is -0.275.